The average Bonchev–Trinajstić information content (AvgIpc) is 3.11. The molecule has 3 heteroatoms. The van der Waals surface area contributed by atoms with Crippen molar-refractivity contribution in [2.75, 3.05) is 13.1 Å². The van der Waals surface area contributed by atoms with Crippen molar-refractivity contribution in [3.05, 3.63) is 21.9 Å². The number of carbonyl (C=O) groups excluding carboxylic acids is 1. The van der Waals surface area contributed by atoms with E-state index in [0.717, 1.165) is 17.8 Å². The SMILES string of the molecule is CCCCN(CC(=O)c1ccc(CC)s1)C1CC1. The fraction of sp³-hybridized carbons (Fsp3) is 0.667. The number of aryl methyl sites for hydroxylation is 1. The number of unbranched alkanes of at least 4 members (excludes halogenated alkanes) is 1. The minimum absolute atomic E-state index is 0.308. The summed E-state index contributed by atoms with van der Waals surface area (Å²) in [4.78, 5) is 16.9. The van der Waals surface area contributed by atoms with Crippen molar-refractivity contribution < 1.29 is 4.79 Å². The Hall–Kier alpha value is -0.670. The van der Waals surface area contributed by atoms with E-state index in [4.69, 9.17) is 0 Å². The number of hydrogen-bond acceptors (Lipinski definition) is 3. The zero-order valence-electron chi connectivity index (χ0n) is 11.4. The lowest BCUT2D eigenvalue weighted by Crippen LogP contribution is -2.32. The lowest BCUT2D eigenvalue weighted by atomic mass is 10.2. The fourth-order valence-corrected chi connectivity index (χ4v) is 3.05. The maximum atomic E-state index is 12.2. The highest BCUT2D eigenvalue weighted by Gasteiger charge is 2.30. The molecule has 0 aliphatic heterocycles. The zero-order valence-corrected chi connectivity index (χ0v) is 12.3. The Morgan fingerprint density at radius 2 is 2.17 bits per heavy atom. The minimum Gasteiger partial charge on any atom is -0.293 e. The molecule has 0 radical (unpaired) electrons. The van der Waals surface area contributed by atoms with Gasteiger partial charge in [-0.05, 0) is 44.4 Å². The third kappa shape index (κ3) is 3.66. The Kier molecular flexibility index (Phi) is 4.95. The molecule has 0 bridgehead atoms. The highest BCUT2D eigenvalue weighted by molar-refractivity contribution is 7.14. The van der Waals surface area contributed by atoms with Crippen LogP contribution in [-0.2, 0) is 6.42 Å². The summed E-state index contributed by atoms with van der Waals surface area (Å²) < 4.78 is 0. The third-order valence-corrected chi connectivity index (χ3v) is 4.76. The van der Waals surface area contributed by atoms with Gasteiger partial charge in [-0.1, -0.05) is 20.3 Å². The lowest BCUT2D eigenvalue weighted by Gasteiger charge is -2.20. The van der Waals surface area contributed by atoms with Crippen molar-refractivity contribution in [2.45, 2.75) is 52.0 Å². The zero-order chi connectivity index (χ0) is 13.0. The topological polar surface area (TPSA) is 20.3 Å². The molecule has 1 aliphatic rings. The summed E-state index contributed by atoms with van der Waals surface area (Å²) in [5.41, 5.74) is 0. The van der Waals surface area contributed by atoms with E-state index in [2.05, 4.69) is 24.8 Å². The summed E-state index contributed by atoms with van der Waals surface area (Å²) in [7, 11) is 0. The predicted molar refractivity (Wildman–Crippen MR) is 77.5 cm³/mol. The molecule has 2 nitrogen and oxygen atoms in total. The van der Waals surface area contributed by atoms with E-state index in [1.165, 1.54) is 30.6 Å². The molecule has 1 saturated carbocycles. The molecular formula is C15H23NOS. The first-order chi connectivity index (χ1) is 8.74. The second kappa shape index (κ2) is 6.48. The van der Waals surface area contributed by atoms with Gasteiger partial charge in [-0.25, -0.2) is 0 Å². The molecule has 0 unspecified atom stereocenters. The molecular weight excluding hydrogens is 242 g/mol. The number of rotatable bonds is 8. The van der Waals surface area contributed by atoms with Crippen molar-refractivity contribution in [1.82, 2.24) is 4.90 Å². The number of nitrogens with zero attached hydrogens (tertiary/aromatic N) is 1. The van der Waals surface area contributed by atoms with Crippen LogP contribution in [0.3, 0.4) is 0 Å². The maximum absolute atomic E-state index is 12.2. The van der Waals surface area contributed by atoms with Gasteiger partial charge in [-0.2, -0.15) is 0 Å². The van der Waals surface area contributed by atoms with Gasteiger partial charge in [-0.3, -0.25) is 9.69 Å². The summed E-state index contributed by atoms with van der Waals surface area (Å²) in [6, 6.07) is 4.77. The van der Waals surface area contributed by atoms with E-state index in [1.54, 1.807) is 11.3 Å². The van der Waals surface area contributed by atoms with Crippen LogP contribution in [-0.4, -0.2) is 29.8 Å². The largest absolute Gasteiger partial charge is 0.293 e. The van der Waals surface area contributed by atoms with Gasteiger partial charge in [0, 0.05) is 10.9 Å². The molecule has 0 N–H and O–H groups in total. The fourth-order valence-electron chi connectivity index (χ4n) is 2.17. The molecule has 0 spiro atoms. The van der Waals surface area contributed by atoms with E-state index in [9.17, 15) is 4.79 Å². The Balaban J connectivity index is 1.91. The summed E-state index contributed by atoms with van der Waals surface area (Å²) in [6.45, 7) is 6.05. The Morgan fingerprint density at radius 3 is 2.72 bits per heavy atom. The standard InChI is InChI=1S/C15H23NOS/c1-3-5-10-16(12-6-7-12)11-14(17)15-9-8-13(4-2)18-15/h8-9,12H,3-7,10-11H2,1-2H3. The van der Waals surface area contributed by atoms with Crippen LogP contribution in [0.15, 0.2) is 12.1 Å². The monoisotopic (exact) mass is 265 g/mol. The third-order valence-electron chi connectivity index (χ3n) is 3.49. The molecule has 1 heterocycles. The number of ketones is 1. The Labute approximate surface area is 114 Å². The van der Waals surface area contributed by atoms with Gasteiger partial charge in [0.25, 0.3) is 0 Å². The van der Waals surface area contributed by atoms with Crippen LogP contribution in [0, 0.1) is 0 Å². The number of hydrogen-bond donors (Lipinski definition) is 0. The van der Waals surface area contributed by atoms with Crippen LogP contribution in [0.1, 0.15) is 54.1 Å². The highest BCUT2D eigenvalue weighted by atomic mass is 32.1. The van der Waals surface area contributed by atoms with Crippen LogP contribution in [0.2, 0.25) is 0 Å². The van der Waals surface area contributed by atoms with E-state index in [1.807, 2.05) is 6.07 Å². The molecule has 1 fully saturated rings. The second-order valence-corrected chi connectivity index (χ2v) is 6.27. The van der Waals surface area contributed by atoms with Crippen molar-refractivity contribution in [3.63, 3.8) is 0 Å². The molecule has 1 aromatic heterocycles. The molecule has 0 saturated heterocycles. The van der Waals surface area contributed by atoms with Crippen molar-refractivity contribution in [1.29, 1.82) is 0 Å². The summed E-state index contributed by atoms with van der Waals surface area (Å²) in [5.74, 6) is 0.308. The van der Waals surface area contributed by atoms with E-state index >= 15 is 0 Å². The molecule has 2 rings (SSSR count). The predicted octanol–water partition coefficient (Wildman–Crippen LogP) is 3.76. The van der Waals surface area contributed by atoms with Crippen LogP contribution < -0.4 is 0 Å². The van der Waals surface area contributed by atoms with Gasteiger partial charge in [0.15, 0.2) is 5.78 Å². The molecule has 1 aliphatic carbocycles. The molecule has 0 amide bonds. The van der Waals surface area contributed by atoms with Crippen molar-refractivity contribution in [2.24, 2.45) is 0 Å². The Bertz CT molecular complexity index is 395. The molecule has 1 aromatic rings. The second-order valence-electron chi connectivity index (χ2n) is 5.10. The van der Waals surface area contributed by atoms with Gasteiger partial charge >= 0.3 is 0 Å². The van der Waals surface area contributed by atoms with Crippen molar-refractivity contribution in [3.8, 4) is 0 Å². The summed E-state index contributed by atoms with van der Waals surface area (Å²) in [6.07, 6.45) is 5.99. The quantitative estimate of drug-likeness (QED) is 0.667. The smallest absolute Gasteiger partial charge is 0.186 e. The van der Waals surface area contributed by atoms with E-state index in [0.29, 0.717) is 18.4 Å². The van der Waals surface area contributed by atoms with Gasteiger partial charge in [0.2, 0.25) is 0 Å². The average molecular weight is 265 g/mol. The molecule has 100 valence electrons. The van der Waals surface area contributed by atoms with Gasteiger partial charge < -0.3 is 0 Å². The lowest BCUT2D eigenvalue weighted by molar-refractivity contribution is 0.0927. The van der Waals surface area contributed by atoms with Gasteiger partial charge in [-0.15, -0.1) is 11.3 Å². The molecule has 0 aromatic carbocycles. The number of Topliss-reactive ketones (excluding diaryl/α,β-unsaturated/α-hetero) is 1. The maximum Gasteiger partial charge on any atom is 0.186 e. The minimum atomic E-state index is 0.308. The first kappa shape index (κ1) is 13.8. The molecule has 0 atom stereocenters. The Morgan fingerprint density at radius 1 is 1.39 bits per heavy atom. The van der Waals surface area contributed by atoms with Crippen LogP contribution in [0.25, 0.3) is 0 Å². The number of thiophene rings is 1. The first-order valence-corrected chi connectivity index (χ1v) is 7.92. The van der Waals surface area contributed by atoms with E-state index in [-0.39, 0.29) is 0 Å². The first-order valence-electron chi connectivity index (χ1n) is 7.10. The van der Waals surface area contributed by atoms with Gasteiger partial charge in [0.05, 0.1) is 11.4 Å². The highest BCUT2D eigenvalue weighted by Crippen LogP contribution is 2.28. The summed E-state index contributed by atoms with van der Waals surface area (Å²) in [5, 5.41) is 0. The molecule has 18 heavy (non-hydrogen) atoms. The van der Waals surface area contributed by atoms with Crippen LogP contribution in [0.4, 0.5) is 0 Å². The van der Waals surface area contributed by atoms with Crippen LogP contribution in [0.5, 0.6) is 0 Å². The van der Waals surface area contributed by atoms with E-state index < -0.39 is 0 Å². The normalized spacial score (nSPS) is 15.3. The number of carbonyl (C=O) groups is 1. The van der Waals surface area contributed by atoms with Gasteiger partial charge in [0.1, 0.15) is 0 Å². The summed E-state index contributed by atoms with van der Waals surface area (Å²) >= 11 is 1.66. The van der Waals surface area contributed by atoms with Crippen LogP contribution >= 0.6 is 11.3 Å². The van der Waals surface area contributed by atoms with Crippen molar-refractivity contribution >= 4 is 17.1 Å².